The van der Waals surface area contributed by atoms with Gasteiger partial charge in [0.1, 0.15) is 0 Å². The molecule has 1 aromatic carbocycles. The average Bonchev–Trinajstić information content (AvgIpc) is 2.94. The van der Waals surface area contributed by atoms with Gasteiger partial charge in [-0.05, 0) is 51.9 Å². The van der Waals surface area contributed by atoms with Gasteiger partial charge in [-0.1, -0.05) is 30.3 Å². The Morgan fingerprint density at radius 2 is 1.79 bits per heavy atom. The van der Waals surface area contributed by atoms with Crippen molar-refractivity contribution >= 4 is 5.96 Å². The Morgan fingerprint density at radius 1 is 1.00 bits per heavy atom. The lowest BCUT2D eigenvalue weighted by Crippen LogP contribution is -2.48. The minimum Gasteiger partial charge on any atom is -0.357 e. The van der Waals surface area contributed by atoms with Gasteiger partial charge in [0, 0.05) is 51.9 Å². The molecule has 0 aliphatic carbocycles. The number of nitrogens with zero attached hydrogens (tertiary/aromatic N) is 4. The van der Waals surface area contributed by atoms with Crippen molar-refractivity contribution in [3.63, 3.8) is 0 Å². The second-order valence-corrected chi connectivity index (χ2v) is 8.44. The van der Waals surface area contributed by atoms with Crippen LogP contribution in [0.3, 0.4) is 0 Å². The van der Waals surface area contributed by atoms with Crippen LogP contribution in [0.25, 0.3) is 0 Å². The van der Waals surface area contributed by atoms with Crippen LogP contribution in [-0.2, 0) is 6.54 Å². The van der Waals surface area contributed by atoms with Gasteiger partial charge in [0.25, 0.3) is 0 Å². The maximum atomic E-state index is 4.86. The zero-order valence-corrected chi connectivity index (χ0v) is 18.4. The number of likely N-dealkylation sites (N-methyl/N-ethyl adjacent to an activating group) is 1. The summed E-state index contributed by atoms with van der Waals surface area (Å²) in [7, 11) is 2.22. The molecule has 6 nitrogen and oxygen atoms in total. The molecule has 2 saturated heterocycles. The highest BCUT2D eigenvalue weighted by Gasteiger charge is 2.20. The predicted octanol–water partition coefficient (Wildman–Crippen LogP) is 1.84. The molecule has 3 rings (SSSR count). The molecule has 162 valence electrons. The van der Waals surface area contributed by atoms with Gasteiger partial charge in [-0.25, -0.2) is 0 Å². The van der Waals surface area contributed by atoms with Crippen LogP contribution in [0.4, 0.5) is 0 Å². The molecule has 2 fully saturated rings. The van der Waals surface area contributed by atoms with E-state index in [2.05, 4.69) is 69.6 Å². The SMILES string of the molecule is CCNC(=NCCN1CCCN(C)CC1)NC1CCN(Cc2ccccc2)CC1. The van der Waals surface area contributed by atoms with E-state index in [4.69, 9.17) is 4.99 Å². The minimum absolute atomic E-state index is 0.520. The van der Waals surface area contributed by atoms with Crippen LogP contribution in [-0.4, -0.2) is 92.7 Å². The molecule has 2 aliphatic rings. The molecule has 0 aromatic heterocycles. The Kier molecular flexibility index (Phi) is 9.25. The number of likely N-dealkylation sites (tertiary alicyclic amines) is 1. The highest BCUT2D eigenvalue weighted by Crippen LogP contribution is 2.13. The van der Waals surface area contributed by atoms with Gasteiger partial charge < -0.3 is 20.4 Å². The zero-order valence-electron chi connectivity index (χ0n) is 18.4. The second kappa shape index (κ2) is 12.2. The number of aliphatic imine (C=N–C) groups is 1. The molecule has 0 bridgehead atoms. The molecule has 0 radical (unpaired) electrons. The number of benzene rings is 1. The Labute approximate surface area is 177 Å². The van der Waals surface area contributed by atoms with Gasteiger partial charge in [-0.3, -0.25) is 9.89 Å². The molecule has 0 unspecified atom stereocenters. The van der Waals surface area contributed by atoms with Crippen molar-refractivity contribution in [3.8, 4) is 0 Å². The topological polar surface area (TPSA) is 46.1 Å². The van der Waals surface area contributed by atoms with E-state index in [9.17, 15) is 0 Å². The molecule has 0 saturated carbocycles. The van der Waals surface area contributed by atoms with Crippen molar-refractivity contribution in [3.05, 3.63) is 35.9 Å². The first-order valence-corrected chi connectivity index (χ1v) is 11.4. The number of rotatable bonds is 7. The maximum absolute atomic E-state index is 4.86. The third-order valence-electron chi connectivity index (χ3n) is 6.02. The minimum atomic E-state index is 0.520. The molecule has 2 N–H and O–H groups in total. The van der Waals surface area contributed by atoms with E-state index in [0.29, 0.717) is 6.04 Å². The Balaban J connectivity index is 1.40. The number of hydrogen-bond acceptors (Lipinski definition) is 4. The summed E-state index contributed by atoms with van der Waals surface area (Å²) >= 11 is 0. The molecule has 0 atom stereocenters. The summed E-state index contributed by atoms with van der Waals surface area (Å²) in [4.78, 5) is 12.4. The predicted molar refractivity (Wildman–Crippen MR) is 122 cm³/mol. The van der Waals surface area contributed by atoms with Crippen molar-refractivity contribution in [2.24, 2.45) is 4.99 Å². The van der Waals surface area contributed by atoms with Gasteiger partial charge >= 0.3 is 0 Å². The zero-order chi connectivity index (χ0) is 20.3. The van der Waals surface area contributed by atoms with Crippen molar-refractivity contribution in [1.29, 1.82) is 0 Å². The lowest BCUT2D eigenvalue weighted by molar-refractivity contribution is 0.198. The standard InChI is InChI=1S/C23H40N6/c1-3-24-23(25-12-17-28-14-7-13-27(2)18-19-28)26-22-10-15-29(16-11-22)20-21-8-5-4-6-9-21/h4-6,8-9,22H,3,7,10-20H2,1-2H3,(H2,24,25,26). The Morgan fingerprint density at radius 3 is 2.55 bits per heavy atom. The third-order valence-corrected chi connectivity index (χ3v) is 6.02. The van der Waals surface area contributed by atoms with Crippen molar-refractivity contribution in [2.45, 2.75) is 38.8 Å². The molecule has 0 amide bonds. The summed E-state index contributed by atoms with van der Waals surface area (Å²) in [5.41, 5.74) is 1.41. The van der Waals surface area contributed by atoms with E-state index in [-0.39, 0.29) is 0 Å². The van der Waals surface area contributed by atoms with Gasteiger partial charge in [-0.15, -0.1) is 0 Å². The summed E-state index contributed by atoms with van der Waals surface area (Å²) in [6.45, 7) is 13.1. The molecule has 29 heavy (non-hydrogen) atoms. The lowest BCUT2D eigenvalue weighted by atomic mass is 10.0. The third kappa shape index (κ3) is 7.96. The highest BCUT2D eigenvalue weighted by atomic mass is 15.2. The highest BCUT2D eigenvalue weighted by molar-refractivity contribution is 5.80. The van der Waals surface area contributed by atoms with Gasteiger partial charge in [0.2, 0.25) is 0 Å². The van der Waals surface area contributed by atoms with Crippen molar-refractivity contribution in [1.82, 2.24) is 25.3 Å². The van der Waals surface area contributed by atoms with E-state index in [0.717, 1.165) is 51.8 Å². The van der Waals surface area contributed by atoms with Crippen LogP contribution in [0.2, 0.25) is 0 Å². The van der Waals surface area contributed by atoms with Crippen LogP contribution >= 0.6 is 0 Å². The fourth-order valence-electron chi connectivity index (χ4n) is 4.22. The van der Waals surface area contributed by atoms with Gasteiger partial charge in [0.05, 0.1) is 6.54 Å². The van der Waals surface area contributed by atoms with E-state index in [1.54, 1.807) is 0 Å². The smallest absolute Gasteiger partial charge is 0.191 e. The first-order valence-electron chi connectivity index (χ1n) is 11.4. The molecule has 0 spiro atoms. The van der Waals surface area contributed by atoms with E-state index in [1.807, 2.05) is 0 Å². The number of hydrogen-bond donors (Lipinski definition) is 2. The number of piperidine rings is 1. The molecule has 2 aliphatic heterocycles. The lowest BCUT2D eigenvalue weighted by Gasteiger charge is -2.33. The van der Waals surface area contributed by atoms with Crippen molar-refractivity contribution < 1.29 is 0 Å². The van der Waals surface area contributed by atoms with Crippen LogP contribution in [0.15, 0.2) is 35.3 Å². The van der Waals surface area contributed by atoms with Crippen LogP contribution in [0.5, 0.6) is 0 Å². The fraction of sp³-hybridized carbons (Fsp3) is 0.696. The molecule has 6 heteroatoms. The van der Waals surface area contributed by atoms with Crippen LogP contribution < -0.4 is 10.6 Å². The van der Waals surface area contributed by atoms with Crippen molar-refractivity contribution in [2.75, 3.05) is 66.0 Å². The second-order valence-electron chi connectivity index (χ2n) is 8.44. The molecular formula is C23H40N6. The summed E-state index contributed by atoms with van der Waals surface area (Å²) in [6.07, 6.45) is 3.62. The first-order chi connectivity index (χ1) is 14.2. The Bertz CT molecular complexity index is 597. The summed E-state index contributed by atoms with van der Waals surface area (Å²) in [5.74, 6) is 0.987. The van der Waals surface area contributed by atoms with E-state index in [1.165, 1.54) is 44.5 Å². The van der Waals surface area contributed by atoms with E-state index < -0.39 is 0 Å². The Hall–Kier alpha value is -1.63. The van der Waals surface area contributed by atoms with Crippen LogP contribution in [0.1, 0.15) is 31.7 Å². The monoisotopic (exact) mass is 400 g/mol. The summed E-state index contributed by atoms with van der Waals surface area (Å²) in [5, 5.41) is 7.12. The van der Waals surface area contributed by atoms with Gasteiger partial charge in [-0.2, -0.15) is 0 Å². The maximum Gasteiger partial charge on any atom is 0.191 e. The quantitative estimate of drug-likeness (QED) is 0.540. The average molecular weight is 401 g/mol. The van der Waals surface area contributed by atoms with Gasteiger partial charge in [0.15, 0.2) is 5.96 Å². The molecule has 2 heterocycles. The fourth-order valence-corrected chi connectivity index (χ4v) is 4.22. The largest absolute Gasteiger partial charge is 0.357 e. The normalized spacial score (nSPS) is 21.1. The number of nitrogens with one attached hydrogen (secondary N) is 2. The van der Waals surface area contributed by atoms with Crippen LogP contribution in [0, 0.1) is 0 Å². The summed E-state index contributed by atoms with van der Waals surface area (Å²) < 4.78 is 0. The summed E-state index contributed by atoms with van der Waals surface area (Å²) in [6, 6.07) is 11.3. The number of guanidine groups is 1. The first kappa shape index (κ1) is 22.1. The molecule has 1 aromatic rings. The van der Waals surface area contributed by atoms with E-state index >= 15 is 0 Å². The molecular weight excluding hydrogens is 360 g/mol.